The number of nitrogens with two attached hydrogens (primary N) is 1. The van der Waals surface area contributed by atoms with Crippen molar-refractivity contribution >= 4 is 39.1 Å². The summed E-state index contributed by atoms with van der Waals surface area (Å²) in [4.78, 5) is 24.4. The van der Waals surface area contributed by atoms with Crippen LogP contribution in [-0.2, 0) is 9.53 Å². The second-order valence-electron chi connectivity index (χ2n) is 6.86. The maximum Gasteiger partial charge on any atom is 0.338 e. The SMILES string of the molecule is CCOC(=O)C1=C2C[C@@H](CN)CN2C(c2nccs2)=N[C@H]1c1ccc(F)cc1Br. The van der Waals surface area contributed by atoms with Crippen molar-refractivity contribution in [2.24, 2.45) is 16.6 Å². The van der Waals surface area contributed by atoms with Crippen molar-refractivity contribution in [3.63, 3.8) is 0 Å². The Hall–Kier alpha value is -2.10. The zero-order valence-corrected chi connectivity index (χ0v) is 18.2. The van der Waals surface area contributed by atoms with Crippen molar-refractivity contribution in [1.82, 2.24) is 9.88 Å². The standard InChI is InChI=1S/C20H20BrFN4O2S/c1-2-28-20(27)16-15-7-11(9-23)10-26(15)18(19-24-5-6-29-19)25-17(16)13-4-3-12(22)8-14(13)21/h3-6,8,11,17H,2,7,9-10,23H2,1H3/t11-,17-/m0/s1. The normalized spacial score (nSPS) is 21.2. The molecular weight excluding hydrogens is 459 g/mol. The highest BCUT2D eigenvalue weighted by Gasteiger charge is 2.42. The molecule has 1 aromatic heterocycles. The van der Waals surface area contributed by atoms with E-state index in [1.165, 1.54) is 23.5 Å². The predicted molar refractivity (Wildman–Crippen MR) is 113 cm³/mol. The quantitative estimate of drug-likeness (QED) is 0.663. The van der Waals surface area contributed by atoms with Gasteiger partial charge in [0.15, 0.2) is 10.8 Å². The zero-order valence-electron chi connectivity index (χ0n) is 15.8. The summed E-state index contributed by atoms with van der Waals surface area (Å²) in [5.41, 5.74) is 8.00. The van der Waals surface area contributed by atoms with Crippen LogP contribution in [0.2, 0.25) is 0 Å². The fourth-order valence-corrected chi connectivity index (χ4v) is 4.96. The second-order valence-corrected chi connectivity index (χ2v) is 8.60. The highest BCUT2D eigenvalue weighted by Crippen LogP contribution is 2.43. The molecular formula is C20H20BrFN4O2S. The fraction of sp³-hybridized carbons (Fsp3) is 0.350. The topological polar surface area (TPSA) is 80.8 Å². The molecule has 152 valence electrons. The Morgan fingerprint density at radius 3 is 2.97 bits per heavy atom. The van der Waals surface area contributed by atoms with Crippen LogP contribution in [0, 0.1) is 11.7 Å². The summed E-state index contributed by atoms with van der Waals surface area (Å²) in [5.74, 6) is 0.139. The molecule has 0 radical (unpaired) electrons. The Morgan fingerprint density at radius 1 is 1.48 bits per heavy atom. The van der Waals surface area contributed by atoms with Crippen molar-refractivity contribution in [3.8, 4) is 0 Å². The van der Waals surface area contributed by atoms with Gasteiger partial charge in [0.05, 0.1) is 12.2 Å². The number of allylic oxidation sites excluding steroid dienone is 1. The molecule has 0 bridgehead atoms. The first-order chi connectivity index (χ1) is 14.0. The van der Waals surface area contributed by atoms with Crippen LogP contribution >= 0.6 is 27.3 Å². The summed E-state index contributed by atoms with van der Waals surface area (Å²) in [6.45, 7) is 3.21. The number of carbonyl (C=O) groups is 1. The maximum atomic E-state index is 13.7. The number of fused-ring (bicyclic) bond motifs is 1. The Kier molecular flexibility index (Phi) is 5.80. The molecule has 1 saturated heterocycles. The van der Waals surface area contributed by atoms with Gasteiger partial charge < -0.3 is 15.4 Å². The average molecular weight is 479 g/mol. The van der Waals surface area contributed by atoms with E-state index in [0.717, 1.165) is 10.7 Å². The van der Waals surface area contributed by atoms with Gasteiger partial charge in [0.1, 0.15) is 11.9 Å². The first kappa shape index (κ1) is 20.2. The Labute approximate surface area is 180 Å². The number of hydrogen-bond acceptors (Lipinski definition) is 7. The molecule has 2 aliphatic rings. The number of ether oxygens (including phenoxy) is 1. The number of aromatic nitrogens is 1. The summed E-state index contributed by atoms with van der Waals surface area (Å²) in [5, 5.41) is 2.66. The lowest BCUT2D eigenvalue weighted by molar-refractivity contribution is -0.139. The number of thiazole rings is 1. The van der Waals surface area contributed by atoms with Gasteiger partial charge >= 0.3 is 5.97 Å². The van der Waals surface area contributed by atoms with Gasteiger partial charge in [0, 0.05) is 28.3 Å². The third-order valence-corrected chi connectivity index (χ3v) is 6.51. The molecule has 2 N–H and O–H groups in total. The molecule has 0 amide bonds. The van der Waals surface area contributed by atoms with E-state index >= 15 is 0 Å². The van der Waals surface area contributed by atoms with Gasteiger partial charge in [0.25, 0.3) is 0 Å². The van der Waals surface area contributed by atoms with E-state index in [1.807, 2.05) is 10.3 Å². The molecule has 9 heteroatoms. The van der Waals surface area contributed by atoms with Crippen LogP contribution in [0.4, 0.5) is 4.39 Å². The predicted octanol–water partition coefficient (Wildman–Crippen LogP) is 3.64. The molecule has 2 atom stereocenters. The molecule has 3 heterocycles. The third-order valence-electron chi connectivity index (χ3n) is 5.05. The summed E-state index contributed by atoms with van der Waals surface area (Å²) in [6.07, 6.45) is 2.39. The van der Waals surface area contributed by atoms with Crippen LogP contribution in [0.15, 0.2) is 50.5 Å². The molecule has 4 rings (SSSR count). The number of aliphatic imine (C=N–C) groups is 1. The lowest BCUT2D eigenvalue weighted by atomic mass is 9.94. The van der Waals surface area contributed by atoms with Crippen molar-refractivity contribution < 1.29 is 13.9 Å². The number of esters is 1. The average Bonchev–Trinajstić information content (AvgIpc) is 3.37. The summed E-state index contributed by atoms with van der Waals surface area (Å²) in [6, 6.07) is 3.78. The van der Waals surface area contributed by atoms with Gasteiger partial charge in [-0.3, -0.25) is 4.99 Å². The lowest BCUT2D eigenvalue weighted by Crippen LogP contribution is -2.36. The Balaban J connectivity index is 1.91. The molecule has 6 nitrogen and oxygen atoms in total. The largest absolute Gasteiger partial charge is 0.463 e. The van der Waals surface area contributed by atoms with Gasteiger partial charge in [-0.05, 0) is 43.5 Å². The Morgan fingerprint density at radius 2 is 2.31 bits per heavy atom. The highest BCUT2D eigenvalue weighted by atomic mass is 79.9. The van der Waals surface area contributed by atoms with Crippen LogP contribution in [-0.4, -0.2) is 41.4 Å². The molecule has 29 heavy (non-hydrogen) atoms. The van der Waals surface area contributed by atoms with E-state index in [-0.39, 0.29) is 18.3 Å². The number of rotatable bonds is 5. The molecule has 0 unspecified atom stereocenters. The van der Waals surface area contributed by atoms with Gasteiger partial charge in [-0.15, -0.1) is 11.3 Å². The Bertz CT molecular complexity index is 992. The summed E-state index contributed by atoms with van der Waals surface area (Å²) < 4.78 is 19.6. The lowest BCUT2D eigenvalue weighted by Gasteiger charge is -2.32. The monoisotopic (exact) mass is 478 g/mol. The number of nitrogens with zero attached hydrogens (tertiary/aromatic N) is 3. The molecule has 0 aliphatic carbocycles. The molecule has 1 fully saturated rings. The molecule has 0 spiro atoms. The molecule has 2 aromatic rings. The van der Waals surface area contributed by atoms with Gasteiger partial charge in [0.2, 0.25) is 0 Å². The minimum absolute atomic E-state index is 0.204. The second kappa shape index (κ2) is 8.33. The van der Waals surface area contributed by atoms with Crippen LogP contribution in [0.5, 0.6) is 0 Å². The van der Waals surface area contributed by atoms with Gasteiger partial charge in [-0.1, -0.05) is 22.0 Å². The fourth-order valence-electron chi connectivity index (χ4n) is 3.75. The number of amidine groups is 1. The van der Waals surface area contributed by atoms with E-state index in [1.54, 1.807) is 19.2 Å². The van der Waals surface area contributed by atoms with E-state index in [4.69, 9.17) is 15.5 Å². The van der Waals surface area contributed by atoms with E-state index in [2.05, 4.69) is 20.9 Å². The van der Waals surface area contributed by atoms with Crippen molar-refractivity contribution in [2.45, 2.75) is 19.4 Å². The number of halogens is 2. The van der Waals surface area contributed by atoms with Crippen LogP contribution < -0.4 is 5.73 Å². The minimum atomic E-state index is -0.620. The number of carbonyl (C=O) groups excluding carboxylic acids is 1. The first-order valence-corrected chi connectivity index (χ1v) is 11.0. The molecule has 1 aromatic carbocycles. The highest BCUT2D eigenvalue weighted by molar-refractivity contribution is 9.10. The molecule has 0 saturated carbocycles. The van der Waals surface area contributed by atoms with Crippen LogP contribution in [0.3, 0.4) is 0 Å². The van der Waals surface area contributed by atoms with Gasteiger partial charge in [-0.2, -0.15) is 0 Å². The summed E-state index contributed by atoms with van der Waals surface area (Å²) >= 11 is 4.92. The van der Waals surface area contributed by atoms with Crippen LogP contribution in [0.25, 0.3) is 0 Å². The third kappa shape index (κ3) is 3.74. The van der Waals surface area contributed by atoms with Crippen LogP contribution in [0.1, 0.15) is 30.0 Å². The van der Waals surface area contributed by atoms with Crippen molar-refractivity contribution in [2.75, 3.05) is 19.7 Å². The van der Waals surface area contributed by atoms with E-state index < -0.39 is 12.0 Å². The number of hydrogen-bond donors (Lipinski definition) is 1. The maximum absolute atomic E-state index is 13.7. The van der Waals surface area contributed by atoms with E-state index in [0.29, 0.717) is 41.0 Å². The minimum Gasteiger partial charge on any atom is -0.463 e. The van der Waals surface area contributed by atoms with Gasteiger partial charge in [-0.25, -0.2) is 14.2 Å². The number of benzene rings is 1. The summed E-state index contributed by atoms with van der Waals surface area (Å²) in [7, 11) is 0. The smallest absolute Gasteiger partial charge is 0.338 e. The first-order valence-electron chi connectivity index (χ1n) is 9.33. The molecule has 2 aliphatic heterocycles. The van der Waals surface area contributed by atoms with Crippen molar-refractivity contribution in [1.29, 1.82) is 0 Å². The van der Waals surface area contributed by atoms with E-state index in [9.17, 15) is 9.18 Å². The van der Waals surface area contributed by atoms with Crippen molar-refractivity contribution in [3.05, 3.63) is 61.9 Å². The zero-order chi connectivity index (χ0) is 20.5.